The maximum Gasteiger partial charge on any atom is 0.407 e. The summed E-state index contributed by atoms with van der Waals surface area (Å²) in [6, 6.07) is 7.47. The van der Waals surface area contributed by atoms with Gasteiger partial charge in [0, 0.05) is 31.6 Å². The monoisotopic (exact) mass is 417 g/mol. The molecule has 1 aromatic rings. The molecule has 166 valence electrons. The van der Waals surface area contributed by atoms with Gasteiger partial charge in [-0.15, -0.1) is 0 Å². The molecule has 0 saturated heterocycles. The molecule has 3 amide bonds. The van der Waals surface area contributed by atoms with Crippen LogP contribution in [0.5, 0.6) is 0 Å². The highest BCUT2D eigenvalue weighted by Gasteiger charge is 2.17. The Bertz CT molecular complexity index is 704. The lowest BCUT2D eigenvalue weighted by Gasteiger charge is -2.20. The van der Waals surface area contributed by atoms with Crippen LogP contribution in [-0.4, -0.2) is 30.1 Å². The molecule has 7 nitrogen and oxygen atoms in total. The molecule has 30 heavy (non-hydrogen) atoms. The average molecular weight is 418 g/mol. The van der Waals surface area contributed by atoms with E-state index in [2.05, 4.69) is 16.0 Å². The van der Waals surface area contributed by atoms with Crippen LogP contribution in [0.3, 0.4) is 0 Å². The predicted molar refractivity (Wildman–Crippen MR) is 117 cm³/mol. The highest BCUT2D eigenvalue weighted by molar-refractivity contribution is 5.90. The fraction of sp³-hybridized carbons (Fsp3) is 0.609. The van der Waals surface area contributed by atoms with Crippen molar-refractivity contribution in [2.24, 2.45) is 5.92 Å². The number of anilines is 1. The second-order valence-electron chi connectivity index (χ2n) is 8.91. The van der Waals surface area contributed by atoms with Gasteiger partial charge in [-0.1, -0.05) is 31.4 Å². The first-order valence-corrected chi connectivity index (χ1v) is 10.8. The Morgan fingerprint density at radius 2 is 1.63 bits per heavy atom. The number of carbonyl (C=O) groups excluding carboxylic acids is 3. The fourth-order valence-corrected chi connectivity index (χ4v) is 3.45. The van der Waals surface area contributed by atoms with Gasteiger partial charge in [-0.05, 0) is 57.2 Å². The van der Waals surface area contributed by atoms with Gasteiger partial charge < -0.3 is 20.7 Å². The van der Waals surface area contributed by atoms with Crippen LogP contribution in [0.15, 0.2) is 24.3 Å². The van der Waals surface area contributed by atoms with E-state index in [-0.39, 0.29) is 24.8 Å². The van der Waals surface area contributed by atoms with Crippen LogP contribution in [-0.2, 0) is 20.9 Å². The van der Waals surface area contributed by atoms with Crippen molar-refractivity contribution in [2.45, 2.75) is 77.9 Å². The SMILES string of the molecule is CC(C)(C)OC(=O)NCCC(=O)NCc1ccc(NC(=O)CC2CCCCC2)cc1. The summed E-state index contributed by atoms with van der Waals surface area (Å²) < 4.78 is 5.12. The van der Waals surface area contributed by atoms with Crippen molar-refractivity contribution < 1.29 is 19.1 Å². The Morgan fingerprint density at radius 3 is 2.27 bits per heavy atom. The predicted octanol–water partition coefficient (Wildman–Crippen LogP) is 4.13. The lowest BCUT2D eigenvalue weighted by atomic mass is 9.87. The summed E-state index contributed by atoms with van der Waals surface area (Å²) in [6.07, 6.45) is 6.29. The van der Waals surface area contributed by atoms with E-state index in [0.29, 0.717) is 18.9 Å². The minimum absolute atomic E-state index is 0.0699. The third kappa shape index (κ3) is 9.76. The van der Waals surface area contributed by atoms with Crippen molar-refractivity contribution in [3.8, 4) is 0 Å². The topological polar surface area (TPSA) is 96.5 Å². The number of hydrogen-bond donors (Lipinski definition) is 3. The van der Waals surface area contributed by atoms with Gasteiger partial charge >= 0.3 is 6.09 Å². The molecule has 0 heterocycles. The van der Waals surface area contributed by atoms with Crippen LogP contribution in [0.4, 0.5) is 10.5 Å². The number of amides is 3. The minimum Gasteiger partial charge on any atom is -0.444 e. The van der Waals surface area contributed by atoms with Gasteiger partial charge in [0.05, 0.1) is 0 Å². The maximum absolute atomic E-state index is 12.2. The number of ether oxygens (including phenoxy) is 1. The third-order valence-corrected chi connectivity index (χ3v) is 4.95. The Hall–Kier alpha value is -2.57. The van der Waals surface area contributed by atoms with E-state index in [1.807, 2.05) is 24.3 Å². The first-order valence-electron chi connectivity index (χ1n) is 10.8. The first-order chi connectivity index (χ1) is 14.2. The standard InChI is InChI=1S/C23H35N3O4/c1-23(2,3)30-22(29)24-14-13-20(27)25-16-18-9-11-19(12-10-18)26-21(28)15-17-7-5-4-6-8-17/h9-12,17H,4-8,13-16H2,1-3H3,(H,24,29)(H,25,27)(H,26,28). The molecule has 0 unspecified atom stereocenters. The molecule has 0 radical (unpaired) electrons. The Kier molecular flexibility index (Phi) is 9.15. The van der Waals surface area contributed by atoms with Gasteiger partial charge in [-0.2, -0.15) is 0 Å². The van der Waals surface area contributed by atoms with Crippen molar-refractivity contribution in [3.05, 3.63) is 29.8 Å². The van der Waals surface area contributed by atoms with E-state index in [9.17, 15) is 14.4 Å². The molecular formula is C23H35N3O4. The summed E-state index contributed by atoms with van der Waals surface area (Å²) >= 11 is 0. The molecule has 0 aliphatic heterocycles. The fourth-order valence-electron chi connectivity index (χ4n) is 3.45. The average Bonchev–Trinajstić information content (AvgIpc) is 2.67. The summed E-state index contributed by atoms with van der Waals surface area (Å²) in [7, 11) is 0. The Morgan fingerprint density at radius 1 is 0.967 bits per heavy atom. The van der Waals surface area contributed by atoms with Crippen LogP contribution >= 0.6 is 0 Å². The summed E-state index contributed by atoms with van der Waals surface area (Å²) in [5.74, 6) is 0.425. The van der Waals surface area contributed by atoms with Crippen LogP contribution < -0.4 is 16.0 Å². The number of rotatable bonds is 8. The second-order valence-corrected chi connectivity index (χ2v) is 8.91. The molecule has 3 N–H and O–H groups in total. The third-order valence-electron chi connectivity index (χ3n) is 4.95. The number of nitrogens with one attached hydrogen (secondary N) is 3. The second kappa shape index (κ2) is 11.6. The van der Waals surface area contributed by atoms with E-state index < -0.39 is 11.7 Å². The number of hydrogen-bond acceptors (Lipinski definition) is 4. The van der Waals surface area contributed by atoms with E-state index in [0.717, 1.165) is 24.1 Å². The smallest absolute Gasteiger partial charge is 0.407 e. The van der Waals surface area contributed by atoms with E-state index >= 15 is 0 Å². The van der Waals surface area contributed by atoms with Gasteiger partial charge in [-0.25, -0.2) is 4.79 Å². The summed E-state index contributed by atoms with van der Waals surface area (Å²) in [4.78, 5) is 35.7. The number of benzene rings is 1. The molecular weight excluding hydrogens is 382 g/mol. The van der Waals surface area contributed by atoms with Crippen molar-refractivity contribution in [1.29, 1.82) is 0 Å². The van der Waals surface area contributed by atoms with Crippen LogP contribution in [0, 0.1) is 5.92 Å². The molecule has 0 spiro atoms. The van der Waals surface area contributed by atoms with Gasteiger partial charge in [-0.3, -0.25) is 9.59 Å². The minimum atomic E-state index is -0.562. The molecule has 1 aliphatic rings. The van der Waals surface area contributed by atoms with Crippen molar-refractivity contribution >= 4 is 23.6 Å². The van der Waals surface area contributed by atoms with Gasteiger partial charge in [0.2, 0.25) is 11.8 Å². The highest BCUT2D eigenvalue weighted by atomic mass is 16.6. The van der Waals surface area contributed by atoms with E-state index in [4.69, 9.17) is 4.74 Å². The molecule has 0 aromatic heterocycles. The zero-order chi connectivity index (χ0) is 22.0. The van der Waals surface area contributed by atoms with Crippen LogP contribution in [0.2, 0.25) is 0 Å². The molecule has 0 atom stereocenters. The zero-order valence-corrected chi connectivity index (χ0v) is 18.4. The highest BCUT2D eigenvalue weighted by Crippen LogP contribution is 2.26. The largest absolute Gasteiger partial charge is 0.444 e. The first kappa shape index (κ1) is 23.7. The van der Waals surface area contributed by atoms with Crippen LogP contribution in [0.25, 0.3) is 0 Å². The molecule has 2 rings (SSSR count). The van der Waals surface area contributed by atoms with E-state index in [1.54, 1.807) is 20.8 Å². The summed E-state index contributed by atoms with van der Waals surface area (Å²) in [6.45, 7) is 5.96. The summed E-state index contributed by atoms with van der Waals surface area (Å²) in [5, 5.41) is 8.34. The quantitative estimate of drug-likeness (QED) is 0.593. The molecule has 1 saturated carbocycles. The zero-order valence-electron chi connectivity index (χ0n) is 18.4. The van der Waals surface area contributed by atoms with Crippen LogP contribution in [0.1, 0.15) is 71.3 Å². The maximum atomic E-state index is 12.2. The van der Waals surface area contributed by atoms with Crippen molar-refractivity contribution in [3.63, 3.8) is 0 Å². The Labute approximate surface area is 179 Å². The number of alkyl carbamates (subject to hydrolysis) is 1. The molecule has 1 aromatic carbocycles. The molecule has 1 aliphatic carbocycles. The van der Waals surface area contributed by atoms with Crippen molar-refractivity contribution in [2.75, 3.05) is 11.9 Å². The van der Waals surface area contributed by atoms with Gasteiger partial charge in [0.15, 0.2) is 0 Å². The lowest BCUT2D eigenvalue weighted by Crippen LogP contribution is -2.35. The van der Waals surface area contributed by atoms with Gasteiger partial charge in [0.25, 0.3) is 0 Å². The van der Waals surface area contributed by atoms with Crippen molar-refractivity contribution in [1.82, 2.24) is 10.6 Å². The van der Waals surface area contributed by atoms with E-state index in [1.165, 1.54) is 19.3 Å². The normalized spacial score (nSPS) is 14.6. The van der Waals surface area contributed by atoms with Gasteiger partial charge in [0.1, 0.15) is 5.60 Å². The molecule has 7 heteroatoms. The molecule has 0 bridgehead atoms. The lowest BCUT2D eigenvalue weighted by molar-refractivity contribution is -0.121. The molecule has 1 fully saturated rings. The number of carbonyl (C=O) groups is 3. The summed E-state index contributed by atoms with van der Waals surface area (Å²) in [5.41, 5.74) is 1.15. The Balaban J connectivity index is 1.64.